The minimum atomic E-state index is -0.278. The Morgan fingerprint density at radius 1 is 0.729 bits per heavy atom. The number of halogens is 5. The van der Waals surface area contributed by atoms with Crippen molar-refractivity contribution >= 4 is 106 Å². The average Bonchev–Trinajstić information content (AvgIpc) is 3.06. The number of carbonyl (C=O) groups excluding carboxylic acids is 1. The van der Waals surface area contributed by atoms with Gasteiger partial charge in [0.05, 0.1) is 14.2 Å². The van der Waals surface area contributed by atoms with Crippen LogP contribution in [-0.2, 0) is 32.0 Å². The SMILES string of the molecule is COc1ccc(CC(C)=O)cc1.COc1ccc(C[C@@H](C)N[C@H](C)c2ccccc2)cc1.C[C@@H](N)c1ccccc1.[I][V]([I])[I].[I][V][I]. The van der Waals surface area contributed by atoms with Gasteiger partial charge in [-0.05, 0) is 80.6 Å². The summed E-state index contributed by atoms with van der Waals surface area (Å²) < 4.78 is 10.2. The number of nitrogens with one attached hydrogen (secondary N) is 1. The maximum atomic E-state index is 10.7. The van der Waals surface area contributed by atoms with E-state index in [4.69, 9.17) is 15.2 Å². The second kappa shape index (κ2) is 31.4. The molecule has 48 heavy (non-hydrogen) atoms. The van der Waals surface area contributed by atoms with Gasteiger partial charge in [-0.1, -0.05) is 84.9 Å². The summed E-state index contributed by atoms with van der Waals surface area (Å²) in [4.78, 5) is 10.5. The fourth-order valence-electron chi connectivity index (χ4n) is 4.23. The van der Waals surface area contributed by atoms with Gasteiger partial charge in [-0.25, -0.2) is 0 Å². The van der Waals surface area contributed by atoms with Gasteiger partial charge in [0.15, 0.2) is 0 Å². The van der Waals surface area contributed by atoms with Crippen molar-refractivity contribution in [3.05, 3.63) is 131 Å². The van der Waals surface area contributed by atoms with Gasteiger partial charge in [0, 0.05) is 24.5 Å². The molecular formula is C36H46I5N2O3V2. The van der Waals surface area contributed by atoms with Crippen LogP contribution in [0.1, 0.15) is 62.0 Å². The molecule has 263 valence electrons. The molecule has 0 spiro atoms. The fourth-order valence-corrected chi connectivity index (χ4v) is 4.23. The number of benzene rings is 4. The van der Waals surface area contributed by atoms with Gasteiger partial charge in [0.1, 0.15) is 17.3 Å². The molecule has 0 radical (unpaired) electrons. The van der Waals surface area contributed by atoms with E-state index < -0.39 is 0 Å². The number of nitrogens with two attached hydrogens (primary N) is 1. The zero-order valence-corrected chi connectivity index (χ0v) is 41.7. The van der Waals surface area contributed by atoms with Crippen molar-refractivity contribution in [1.82, 2.24) is 5.32 Å². The molecule has 12 heteroatoms. The van der Waals surface area contributed by atoms with E-state index in [1.54, 1.807) is 21.1 Å². The van der Waals surface area contributed by atoms with Gasteiger partial charge in [-0.3, -0.25) is 4.79 Å². The van der Waals surface area contributed by atoms with Crippen LogP contribution in [0.15, 0.2) is 109 Å². The third-order valence-electron chi connectivity index (χ3n) is 6.47. The summed E-state index contributed by atoms with van der Waals surface area (Å²) in [6.45, 7) is 8.00. The number of carbonyl (C=O) groups is 1. The van der Waals surface area contributed by atoms with Crippen molar-refractivity contribution < 1.29 is 28.7 Å². The second-order valence-electron chi connectivity index (χ2n) is 10.4. The molecule has 0 aliphatic rings. The van der Waals surface area contributed by atoms with Crippen LogP contribution in [0.2, 0.25) is 0 Å². The Bertz CT molecular complexity index is 1340. The standard InChI is InChI=1S/C18H23NO.C10H12O2.C8H11N.5HI.2V/c1-14(13-16-9-11-18(20-3)12-10-16)19-15(2)17-7-5-4-6-8-17;1-8(11)7-9-3-5-10(12-2)6-4-9;1-7(9)8-5-3-2-4-6-8;;;;;;;/h4-12,14-15,19H,13H2,1-3H3;3-6H,7H2,1-2H3;2-7H,9H2,1H3;5*1H;;/q;;;;;;;;+2;+3/p-5/t14-,15-;;7-;;;;;;;/m1.1......./s1. The van der Waals surface area contributed by atoms with E-state index in [-0.39, 0.29) is 16.7 Å². The first-order chi connectivity index (χ1) is 22.9. The molecule has 5 nitrogen and oxygen atoms in total. The molecule has 3 N–H and O–H groups in total. The van der Waals surface area contributed by atoms with Gasteiger partial charge in [0.2, 0.25) is 0 Å². The Morgan fingerprint density at radius 3 is 1.44 bits per heavy atom. The molecule has 4 aromatic carbocycles. The monoisotopic (exact) mass is 1290 g/mol. The number of methoxy groups -OCH3 is 2. The third kappa shape index (κ3) is 26.6. The molecule has 0 aliphatic heterocycles. The van der Waals surface area contributed by atoms with Crippen LogP contribution in [0.25, 0.3) is 0 Å². The molecule has 0 saturated heterocycles. The van der Waals surface area contributed by atoms with Crippen molar-refractivity contribution in [1.29, 1.82) is 0 Å². The van der Waals surface area contributed by atoms with E-state index in [1.807, 2.05) is 73.7 Å². The molecule has 0 aromatic heterocycles. The molecule has 0 unspecified atom stereocenters. The van der Waals surface area contributed by atoms with Crippen molar-refractivity contribution in [3.8, 4) is 11.5 Å². The van der Waals surface area contributed by atoms with Gasteiger partial charge < -0.3 is 20.5 Å². The van der Waals surface area contributed by atoms with E-state index in [1.165, 1.54) is 16.7 Å². The van der Waals surface area contributed by atoms with Crippen molar-refractivity contribution in [2.24, 2.45) is 5.73 Å². The van der Waals surface area contributed by atoms with E-state index in [9.17, 15) is 4.79 Å². The molecule has 4 rings (SSSR count). The Morgan fingerprint density at radius 2 is 1.10 bits per heavy atom. The topological polar surface area (TPSA) is 73.6 Å². The van der Waals surface area contributed by atoms with Crippen LogP contribution in [-0.4, -0.2) is 26.0 Å². The molecule has 0 heterocycles. The number of hydrogen-bond donors (Lipinski definition) is 2. The van der Waals surface area contributed by atoms with Gasteiger partial charge >= 0.3 is 114 Å². The molecule has 0 saturated carbocycles. The van der Waals surface area contributed by atoms with Crippen molar-refractivity contribution in [2.45, 2.75) is 58.7 Å². The maximum absolute atomic E-state index is 10.7. The van der Waals surface area contributed by atoms with Crippen LogP contribution < -0.4 is 20.5 Å². The number of ether oxygens (including phenoxy) is 2. The predicted octanol–water partition coefficient (Wildman–Crippen LogP) is 11.9. The normalized spacial score (nSPS) is 11.6. The molecule has 0 amide bonds. The third-order valence-corrected chi connectivity index (χ3v) is 6.47. The Labute approximate surface area is 355 Å². The van der Waals surface area contributed by atoms with Crippen LogP contribution in [0.3, 0.4) is 0 Å². The number of Topliss-reactive ketones (excluding diaryl/α,β-unsaturated/α-hetero) is 1. The molecular weight excluding hydrogens is 1240 g/mol. The Hall–Kier alpha value is 0.889. The van der Waals surface area contributed by atoms with Crippen molar-refractivity contribution in [3.63, 3.8) is 0 Å². The number of ketones is 1. The van der Waals surface area contributed by atoms with Crippen LogP contribution in [0, 0.1) is 0 Å². The minimum absolute atomic E-state index is 0.159. The number of rotatable bonds is 10. The zero-order valence-electron chi connectivity index (χ0n) is 28.1. The van der Waals surface area contributed by atoms with E-state index >= 15 is 0 Å². The summed E-state index contributed by atoms with van der Waals surface area (Å²) in [7, 11) is 3.95. The van der Waals surface area contributed by atoms with Crippen LogP contribution >= 0.6 is 99.9 Å². The molecule has 4 aromatic rings. The summed E-state index contributed by atoms with van der Waals surface area (Å²) in [5.74, 6) is 1.91. The first-order valence-corrected chi connectivity index (χ1v) is 37.5. The molecule has 0 fully saturated rings. The zero-order chi connectivity index (χ0) is 36.3. The molecule has 3 atom stereocenters. The summed E-state index contributed by atoms with van der Waals surface area (Å²) in [5.41, 5.74) is 10.5. The first-order valence-electron chi connectivity index (χ1n) is 14.9. The second-order valence-corrected chi connectivity index (χ2v) is 57.6. The summed E-state index contributed by atoms with van der Waals surface area (Å²) in [5, 5.41) is 3.64. The van der Waals surface area contributed by atoms with Crippen molar-refractivity contribution in [2.75, 3.05) is 14.2 Å². The van der Waals surface area contributed by atoms with Crippen LogP contribution in [0.4, 0.5) is 0 Å². The quantitative estimate of drug-likeness (QED) is 0.155. The molecule has 0 aliphatic carbocycles. The summed E-state index contributed by atoms with van der Waals surface area (Å²) >= 11 is 12.1. The van der Waals surface area contributed by atoms with E-state index in [2.05, 4.69) is 162 Å². The van der Waals surface area contributed by atoms with Gasteiger partial charge in [-0.2, -0.15) is 0 Å². The first kappa shape index (κ1) is 48.9. The van der Waals surface area contributed by atoms with Gasteiger partial charge in [0.25, 0.3) is 0 Å². The average molecular weight is 1290 g/mol. The van der Waals surface area contributed by atoms with E-state index in [0.29, 0.717) is 28.0 Å². The fraction of sp³-hybridized carbons (Fsp3) is 0.306. The molecule has 0 bridgehead atoms. The predicted molar refractivity (Wildman–Crippen MR) is 241 cm³/mol. The Balaban J connectivity index is 0.000000671. The van der Waals surface area contributed by atoms with Gasteiger partial charge in [-0.15, -0.1) is 0 Å². The number of hydrogen-bond acceptors (Lipinski definition) is 5. The van der Waals surface area contributed by atoms with Crippen LogP contribution in [0.5, 0.6) is 11.5 Å². The summed E-state index contributed by atoms with van der Waals surface area (Å²) in [6.07, 6.45) is 1.52. The van der Waals surface area contributed by atoms with E-state index in [0.717, 1.165) is 23.5 Å². The Kier molecular flexibility index (Phi) is 32.0. The summed E-state index contributed by atoms with van der Waals surface area (Å²) in [6, 6.07) is 37.4.